The Morgan fingerprint density at radius 1 is 1.44 bits per heavy atom. The predicted molar refractivity (Wildman–Crippen MR) is 64.5 cm³/mol. The van der Waals surface area contributed by atoms with Crippen LogP contribution in [0.1, 0.15) is 25.3 Å². The molecule has 1 aromatic carbocycles. The molecule has 0 aliphatic heterocycles. The number of nitrogens with two attached hydrogens (primary N) is 1. The summed E-state index contributed by atoms with van der Waals surface area (Å²) in [6, 6.07) is 7.49. The molecule has 90 valence electrons. The molecule has 3 heteroatoms. The number of halogens is 1. The van der Waals surface area contributed by atoms with E-state index >= 15 is 0 Å². The van der Waals surface area contributed by atoms with Crippen LogP contribution in [0.2, 0.25) is 0 Å². The molecule has 2 N–H and O–H groups in total. The molecule has 0 saturated carbocycles. The normalized spacial score (nSPS) is 14.5. The number of methoxy groups -OCH3 is 1. The van der Waals surface area contributed by atoms with E-state index in [2.05, 4.69) is 0 Å². The zero-order valence-corrected chi connectivity index (χ0v) is 10.0. The van der Waals surface area contributed by atoms with E-state index in [1.165, 1.54) is 0 Å². The van der Waals surface area contributed by atoms with Gasteiger partial charge in [0.15, 0.2) is 0 Å². The van der Waals surface area contributed by atoms with E-state index in [1.54, 1.807) is 7.11 Å². The largest absolute Gasteiger partial charge is 0.497 e. The summed E-state index contributed by atoms with van der Waals surface area (Å²) in [5, 5.41) is 0. The van der Waals surface area contributed by atoms with E-state index in [-0.39, 0.29) is 6.54 Å². The fourth-order valence-electron chi connectivity index (χ4n) is 1.86. The van der Waals surface area contributed by atoms with Crippen LogP contribution < -0.4 is 10.5 Å². The summed E-state index contributed by atoms with van der Waals surface area (Å²) >= 11 is 0. The standard InChI is InChI=1S/C13H20FNO/c1-3-7-13(14,10-15)9-11-5-4-6-12(8-11)16-2/h4-6,8H,3,7,9-10,15H2,1-2H3. The first kappa shape index (κ1) is 13.0. The van der Waals surface area contributed by atoms with Gasteiger partial charge in [0.05, 0.1) is 7.11 Å². The van der Waals surface area contributed by atoms with Gasteiger partial charge < -0.3 is 10.5 Å². The van der Waals surface area contributed by atoms with Gasteiger partial charge in [0.2, 0.25) is 0 Å². The van der Waals surface area contributed by atoms with Gasteiger partial charge in [-0.25, -0.2) is 4.39 Å². The minimum atomic E-state index is -1.29. The molecular formula is C13H20FNO. The molecule has 0 aromatic heterocycles. The molecule has 1 rings (SSSR count). The molecule has 0 spiro atoms. The van der Waals surface area contributed by atoms with Crippen LogP contribution in [-0.4, -0.2) is 19.3 Å². The molecule has 0 amide bonds. The Bertz CT molecular complexity index is 329. The first-order valence-electron chi connectivity index (χ1n) is 5.65. The van der Waals surface area contributed by atoms with Crippen LogP contribution in [0.25, 0.3) is 0 Å². The minimum Gasteiger partial charge on any atom is -0.497 e. The maximum Gasteiger partial charge on any atom is 0.127 e. The SMILES string of the molecule is CCCC(F)(CN)Cc1cccc(OC)c1. The van der Waals surface area contributed by atoms with Crippen molar-refractivity contribution in [2.75, 3.05) is 13.7 Å². The van der Waals surface area contributed by atoms with E-state index < -0.39 is 5.67 Å². The van der Waals surface area contributed by atoms with Gasteiger partial charge in [-0.15, -0.1) is 0 Å². The van der Waals surface area contributed by atoms with E-state index in [1.807, 2.05) is 31.2 Å². The third-order valence-electron chi connectivity index (χ3n) is 2.72. The van der Waals surface area contributed by atoms with Crippen LogP contribution in [-0.2, 0) is 6.42 Å². The molecule has 0 saturated heterocycles. The molecule has 1 unspecified atom stereocenters. The second-order valence-electron chi connectivity index (χ2n) is 4.13. The molecule has 0 fully saturated rings. The topological polar surface area (TPSA) is 35.2 Å². The fraction of sp³-hybridized carbons (Fsp3) is 0.538. The number of hydrogen-bond acceptors (Lipinski definition) is 2. The molecule has 0 radical (unpaired) electrons. The quantitative estimate of drug-likeness (QED) is 0.808. The Kier molecular flexibility index (Phi) is 4.74. The highest BCUT2D eigenvalue weighted by Crippen LogP contribution is 2.24. The van der Waals surface area contributed by atoms with Crippen molar-refractivity contribution >= 4 is 0 Å². The Labute approximate surface area is 96.6 Å². The van der Waals surface area contributed by atoms with Crippen molar-refractivity contribution in [2.24, 2.45) is 5.73 Å². The molecule has 16 heavy (non-hydrogen) atoms. The van der Waals surface area contributed by atoms with Crippen LogP contribution in [0.3, 0.4) is 0 Å². The highest BCUT2D eigenvalue weighted by Gasteiger charge is 2.27. The Morgan fingerprint density at radius 2 is 2.19 bits per heavy atom. The van der Waals surface area contributed by atoms with Crippen LogP contribution in [0.15, 0.2) is 24.3 Å². The molecular weight excluding hydrogens is 205 g/mol. The highest BCUT2D eigenvalue weighted by atomic mass is 19.1. The maximum absolute atomic E-state index is 14.3. The van der Waals surface area contributed by atoms with Gasteiger partial charge in [-0.3, -0.25) is 0 Å². The lowest BCUT2D eigenvalue weighted by molar-refractivity contribution is 0.158. The van der Waals surface area contributed by atoms with E-state index in [4.69, 9.17) is 10.5 Å². The maximum atomic E-state index is 14.3. The predicted octanol–water partition coefficient (Wildman–Crippen LogP) is 2.70. The average Bonchev–Trinajstić information content (AvgIpc) is 2.29. The van der Waals surface area contributed by atoms with Gasteiger partial charge in [0.1, 0.15) is 11.4 Å². The van der Waals surface area contributed by atoms with E-state index in [0.717, 1.165) is 17.7 Å². The van der Waals surface area contributed by atoms with Crippen molar-refractivity contribution in [1.82, 2.24) is 0 Å². The average molecular weight is 225 g/mol. The molecule has 1 aromatic rings. The van der Waals surface area contributed by atoms with Crippen molar-refractivity contribution in [2.45, 2.75) is 31.9 Å². The summed E-state index contributed by atoms with van der Waals surface area (Å²) in [7, 11) is 1.61. The molecule has 0 aliphatic rings. The number of benzene rings is 1. The zero-order valence-electron chi connectivity index (χ0n) is 10.0. The van der Waals surface area contributed by atoms with Gasteiger partial charge in [-0.05, 0) is 24.1 Å². The molecule has 2 nitrogen and oxygen atoms in total. The van der Waals surface area contributed by atoms with Gasteiger partial charge >= 0.3 is 0 Å². The van der Waals surface area contributed by atoms with Crippen molar-refractivity contribution < 1.29 is 9.13 Å². The summed E-state index contributed by atoms with van der Waals surface area (Å²) in [6.45, 7) is 2.04. The highest BCUT2D eigenvalue weighted by molar-refractivity contribution is 5.29. The van der Waals surface area contributed by atoms with Crippen LogP contribution >= 0.6 is 0 Å². The van der Waals surface area contributed by atoms with Crippen molar-refractivity contribution in [3.8, 4) is 5.75 Å². The Hall–Kier alpha value is -1.09. The summed E-state index contributed by atoms with van der Waals surface area (Å²) in [5.41, 5.74) is 5.15. The lowest BCUT2D eigenvalue weighted by Crippen LogP contribution is -2.35. The molecule has 1 atom stereocenters. The first-order chi connectivity index (χ1) is 7.63. The van der Waals surface area contributed by atoms with Gasteiger partial charge in [-0.1, -0.05) is 25.5 Å². The van der Waals surface area contributed by atoms with Crippen molar-refractivity contribution in [3.63, 3.8) is 0 Å². The summed E-state index contributed by atoms with van der Waals surface area (Å²) in [4.78, 5) is 0. The smallest absolute Gasteiger partial charge is 0.127 e. The fourth-order valence-corrected chi connectivity index (χ4v) is 1.86. The third-order valence-corrected chi connectivity index (χ3v) is 2.72. The second-order valence-corrected chi connectivity index (χ2v) is 4.13. The molecule has 0 heterocycles. The molecule has 0 bridgehead atoms. The van der Waals surface area contributed by atoms with Gasteiger partial charge in [0, 0.05) is 13.0 Å². The number of alkyl halides is 1. The third kappa shape index (κ3) is 3.49. The second kappa shape index (κ2) is 5.85. The molecule has 0 aliphatic carbocycles. The van der Waals surface area contributed by atoms with E-state index in [9.17, 15) is 4.39 Å². The number of rotatable bonds is 6. The minimum absolute atomic E-state index is 0.0675. The van der Waals surface area contributed by atoms with Gasteiger partial charge in [-0.2, -0.15) is 0 Å². The summed E-state index contributed by atoms with van der Waals surface area (Å²) < 4.78 is 19.4. The first-order valence-corrected chi connectivity index (χ1v) is 5.65. The number of ether oxygens (including phenoxy) is 1. The van der Waals surface area contributed by atoms with Crippen molar-refractivity contribution in [1.29, 1.82) is 0 Å². The summed E-state index contributed by atoms with van der Waals surface area (Å²) in [6.07, 6.45) is 1.66. The monoisotopic (exact) mass is 225 g/mol. The summed E-state index contributed by atoms with van der Waals surface area (Å²) in [5.74, 6) is 0.758. The Balaban J connectivity index is 2.77. The zero-order chi connectivity index (χ0) is 12.0. The number of hydrogen-bond donors (Lipinski definition) is 1. The van der Waals surface area contributed by atoms with Crippen molar-refractivity contribution in [3.05, 3.63) is 29.8 Å². The van der Waals surface area contributed by atoms with Crippen LogP contribution in [0.4, 0.5) is 4.39 Å². The van der Waals surface area contributed by atoms with Gasteiger partial charge in [0.25, 0.3) is 0 Å². The van der Waals surface area contributed by atoms with Crippen LogP contribution in [0, 0.1) is 0 Å². The van der Waals surface area contributed by atoms with E-state index in [0.29, 0.717) is 12.8 Å². The lowest BCUT2D eigenvalue weighted by Gasteiger charge is -2.23. The Morgan fingerprint density at radius 3 is 2.75 bits per heavy atom. The lowest BCUT2D eigenvalue weighted by atomic mass is 9.92. The van der Waals surface area contributed by atoms with Crippen LogP contribution in [0.5, 0.6) is 5.75 Å².